The van der Waals surface area contributed by atoms with E-state index >= 15 is 0 Å². The van der Waals surface area contributed by atoms with Crippen LogP contribution in [0.15, 0.2) is 0 Å². The minimum atomic E-state index is -0.601. The van der Waals surface area contributed by atoms with Crippen LogP contribution in [0.3, 0.4) is 0 Å². The monoisotopic (exact) mass is 239 g/mol. The van der Waals surface area contributed by atoms with Gasteiger partial charge in [-0.05, 0) is 38.1 Å². The SMILES string of the molecule is CCCCCN1C(C(=O)O)CC2CCCCC21. The maximum Gasteiger partial charge on any atom is 0.320 e. The number of nitrogens with zero attached hydrogens (tertiary/aromatic N) is 1. The molecular weight excluding hydrogens is 214 g/mol. The Morgan fingerprint density at radius 3 is 2.76 bits per heavy atom. The van der Waals surface area contributed by atoms with Crippen molar-refractivity contribution in [1.82, 2.24) is 4.90 Å². The van der Waals surface area contributed by atoms with Crippen molar-refractivity contribution in [1.29, 1.82) is 0 Å². The van der Waals surface area contributed by atoms with Gasteiger partial charge in [-0.15, -0.1) is 0 Å². The van der Waals surface area contributed by atoms with Gasteiger partial charge >= 0.3 is 5.97 Å². The third-order valence-corrected chi connectivity index (χ3v) is 4.53. The van der Waals surface area contributed by atoms with Gasteiger partial charge in [-0.1, -0.05) is 32.6 Å². The topological polar surface area (TPSA) is 40.5 Å². The van der Waals surface area contributed by atoms with Crippen LogP contribution in [-0.2, 0) is 4.79 Å². The summed E-state index contributed by atoms with van der Waals surface area (Å²) in [5.74, 6) is 0.0578. The van der Waals surface area contributed by atoms with Crippen molar-refractivity contribution in [3.05, 3.63) is 0 Å². The summed E-state index contributed by atoms with van der Waals surface area (Å²) in [5, 5.41) is 9.35. The number of fused-ring (bicyclic) bond motifs is 1. The van der Waals surface area contributed by atoms with Gasteiger partial charge in [0.25, 0.3) is 0 Å². The number of unbranched alkanes of at least 4 members (excludes halogenated alkanes) is 2. The van der Waals surface area contributed by atoms with E-state index in [0.29, 0.717) is 12.0 Å². The molecule has 1 heterocycles. The van der Waals surface area contributed by atoms with Crippen molar-refractivity contribution in [3.63, 3.8) is 0 Å². The highest BCUT2D eigenvalue weighted by atomic mass is 16.4. The molecule has 3 atom stereocenters. The summed E-state index contributed by atoms with van der Waals surface area (Å²) < 4.78 is 0. The Morgan fingerprint density at radius 1 is 1.29 bits per heavy atom. The van der Waals surface area contributed by atoms with Crippen LogP contribution in [0.1, 0.15) is 58.3 Å². The summed E-state index contributed by atoms with van der Waals surface area (Å²) in [7, 11) is 0. The lowest BCUT2D eigenvalue weighted by Crippen LogP contribution is -2.42. The van der Waals surface area contributed by atoms with E-state index in [-0.39, 0.29) is 6.04 Å². The largest absolute Gasteiger partial charge is 0.480 e. The quantitative estimate of drug-likeness (QED) is 0.750. The van der Waals surface area contributed by atoms with Gasteiger partial charge < -0.3 is 5.11 Å². The van der Waals surface area contributed by atoms with Crippen LogP contribution < -0.4 is 0 Å². The molecule has 0 aromatic heterocycles. The maximum absolute atomic E-state index is 11.3. The number of carboxylic acid groups (broad SMARTS) is 1. The first-order valence-electron chi connectivity index (χ1n) is 7.22. The molecule has 1 N–H and O–H groups in total. The van der Waals surface area contributed by atoms with Gasteiger partial charge in [0.1, 0.15) is 6.04 Å². The second-order valence-electron chi connectivity index (χ2n) is 5.65. The zero-order chi connectivity index (χ0) is 12.3. The predicted octanol–water partition coefficient (Wildman–Crippen LogP) is 2.89. The summed E-state index contributed by atoms with van der Waals surface area (Å²) in [4.78, 5) is 13.7. The number of carboxylic acids is 1. The van der Waals surface area contributed by atoms with Crippen molar-refractivity contribution in [2.75, 3.05) is 6.54 Å². The Balaban J connectivity index is 1.98. The first-order valence-corrected chi connectivity index (χ1v) is 7.22. The average Bonchev–Trinajstić information content (AvgIpc) is 2.69. The minimum Gasteiger partial charge on any atom is -0.480 e. The third kappa shape index (κ3) is 2.82. The number of hydrogen-bond acceptors (Lipinski definition) is 2. The van der Waals surface area contributed by atoms with E-state index in [2.05, 4.69) is 11.8 Å². The van der Waals surface area contributed by atoms with Crippen LogP contribution in [0.4, 0.5) is 0 Å². The molecule has 1 aliphatic carbocycles. The molecule has 17 heavy (non-hydrogen) atoms. The fourth-order valence-electron chi connectivity index (χ4n) is 3.66. The molecule has 2 fully saturated rings. The molecule has 1 aliphatic heterocycles. The highest BCUT2D eigenvalue weighted by molar-refractivity contribution is 5.74. The molecule has 1 saturated carbocycles. The van der Waals surface area contributed by atoms with E-state index in [1.807, 2.05) is 0 Å². The van der Waals surface area contributed by atoms with E-state index < -0.39 is 5.97 Å². The summed E-state index contributed by atoms with van der Waals surface area (Å²) in [6, 6.07) is 0.377. The molecule has 3 heteroatoms. The van der Waals surface area contributed by atoms with Crippen LogP contribution >= 0.6 is 0 Å². The summed E-state index contributed by atoms with van der Waals surface area (Å²) in [6.45, 7) is 3.19. The Kier molecular flexibility index (Phi) is 4.43. The summed E-state index contributed by atoms with van der Waals surface area (Å²) in [5.41, 5.74) is 0. The molecule has 3 unspecified atom stereocenters. The van der Waals surface area contributed by atoms with Crippen molar-refractivity contribution in [2.24, 2.45) is 5.92 Å². The van der Waals surface area contributed by atoms with Gasteiger partial charge in [-0.2, -0.15) is 0 Å². The standard InChI is InChI=1S/C14H25NO2/c1-2-3-6-9-15-12-8-5-4-7-11(12)10-13(15)14(16)17/h11-13H,2-10H2,1H3,(H,16,17). The molecule has 2 rings (SSSR count). The second-order valence-corrected chi connectivity index (χ2v) is 5.65. The average molecular weight is 239 g/mol. The van der Waals surface area contributed by atoms with Crippen LogP contribution in [0.2, 0.25) is 0 Å². The molecule has 0 radical (unpaired) electrons. The molecule has 0 amide bonds. The zero-order valence-corrected chi connectivity index (χ0v) is 10.9. The van der Waals surface area contributed by atoms with Crippen LogP contribution in [-0.4, -0.2) is 34.6 Å². The van der Waals surface area contributed by atoms with Crippen LogP contribution in [0.25, 0.3) is 0 Å². The smallest absolute Gasteiger partial charge is 0.320 e. The highest BCUT2D eigenvalue weighted by Crippen LogP contribution is 2.39. The second kappa shape index (κ2) is 5.85. The molecule has 0 aromatic carbocycles. The molecule has 2 aliphatic rings. The maximum atomic E-state index is 11.3. The Labute approximate surface area is 104 Å². The fraction of sp³-hybridized carbons (Fsp3) is 0.929. The van der Waals surface area contributed by atoms with Gasteiger partial charge in [-0.3, -0.25) is 9.69 Å². The lowest BCUT2D eigenvalue weighted by atomic mass is 9.85. The fourth-order valence-corrected chi connectivity index (χ4v) is 3.66. The number of aliphatic carboxylic acids is 1. The lowest BCUT2D eigenvalue weighted by Gasteiger charge is -2.32. The predicted molar refractivity (Wildman–Crippen MR) is 68.0 cm³/mol. The highest BCUT2D eigenvalue weighted by Gasteiger charge is 2.44. The molecule has 0 spiro atoms. The normalized spacial score (nSPS) is 33.6. The molecule has 1 saturated heterocycles. The molecular formula is C14H25NO2. The van der Waals surface area contributed by atoms with Gasteiger partial charge in [0.05, 0.1) is 0 Å². The van der Waals surface area contributed by atoms with Crippen molar-refractivity contribution in [3.8, 4) is 0 Å². The Bertz CT molecular complexity index is 267. The Hall–Kier alpha value is -0.570. The van der Waals surface area contributed by atoms with E-state index in [9.17, 15) is 9.90 Å². The summed E-state index contributed by atoms with van der Waals surface area (Å²) >= 11 is 0. The first kappa shape index (κ1) is 12.9. The van der Waals surface area contributed by atoms with Gasteiger partial charge in [0.15, 0.2) is 0 Å². The minimum absolute atomic E-state index is 0.194. The van der Waals surface area contributed by atoms with Crippen molar-refractivity contribution in [2.45, 2.75) is 70.4 Å². The molecule has 0 aromatic rings. The van der Waals surface area contributed by atoms with E-state index in [0.717, 1.165) is 19.4 Å². The zero-order valence-electron chi connectivity index (χ0n) is 10.9. The van der Waals surface area contributed by atoms with E-state index in [4.69, 9.17) is 0 Å². The van der Waals surface area contributed by atoms with Gasteiger partial charge in [-0.25, -0.2) is 0 Å². The van der Waals surface area contributed by atoms with E-state index in [1.54, 1.807) is 0 Å². The summed E-state index contributed by atoms with van der Waals surface area (Å²) in [6.07, 6.45) is 9.54. The van der Waals surface area contributed by atoms with Crippen LogP contribution in [0, 0.1) is 5.92 Å². The number of rotatable bonds is 5. The number of hydrogen-bond donors (Lipinski definition) is 1. The lowest BCUT2D eigenvalue weighted by molar-refractivity contribution is -0.142. The molecule has 3 nitrogen and oxygen atoms in total. The Morgan fingerprint density at radius 2 is 2.06 bits per heavy atom. The van der Waals surface area contributed by atoms with Crippen molar-refractivity contribution < 1.29 is 9.90 Å². The first-order chi connectivity index (χ1) is 8.24. The molecule has 98 valence electrons. The molecule has 0 bridgehead atoms. The van der Waals surface area contributed by atoms with Gasteiger partial charge in [0, 0.05) is 6.04 Å². The number of carbonyl (C=O) groups is 1. The van der Waals surface area contributed by atoms with E-state index in [1.165, 1.54) is 38.5 Å². The third-order valence-electron chi connectivity index (χ3n) is 4.53. The van der Waals surface area contributed by atoms with Crippen LogP contribution in [0.5, 0.6) is 0 Å². The van der Waals surface area contributed by atoms with Crippen molar-refractivity contribution >= 4 is 5.97 Å². The van der Waals surface area contributed by atoms with Gasteiger partial charge in [0.2, 0.25) is 0 Å². The number of likely N-dealkylation sites (tertiary alicyclic amines) is 1.